The van der Waals surface area contributed by atoms with Gasteiger partial charge in [-0.1, -0.05) is 13.0 Å². The van der Waals surface area contributed by atoms with Gasteiger partial charge in [0.1, 0.15) is 0 Å². The van der Waals surface area contributed by atoms with Gasteiger partial charge < -0.3 is 19.6 Å². The lowest BCUT2D eigenvalue weighted by Gasteiger charge is -2.19. The minimum atomic E-state index is -0.708. The minimum Gasteiger partial charge on any atom is -0.450 e. The molecule has 22 heavy (non-hydrogen) atoms. The van der Waals surface area contributed by atoms with Crippen molar-refractivity contribution in [1.29, 1.82) is 0 Å². The molecule has 2 rings (SSSR count). The van der Waals surface area contributed by atoms with Crippen LogP contribution in [0.5, 0.6) is 0 Å². The van der Waals surface area contributed by atoms with Crippen molar-refractivity contribution in [2.45, 2.75) is 26.8 Å². The molecule has 118 valence electrons. The Hall–Kier alpha value is -2.57. The third-order valence-electron chi connectivity index (χ3n) is 3.46. The molecule has 1 aromatic carbocycles. The number of nitrogens with zero attached hydrogens (tertiary/aromatic N) is 1. The van der Waals surface area contributed by atoms with Crippen LogP contribution in [0.3, 0.4) is 0 Å². The quantitative estimate of drug-likeness (QED) is 0.834. The van der Waals surface area contributed by atoms with E-state index in [0.717, 1.165) is 17.5 Å². The molecule has 0 aliphatic rings. The predicted molar refractivity (Wildman–Crippen MR) is 83.1 cm³/mol. The number of nitrogens with one attached hydrogen (secondary N) is 2. The maximum atomic E-state index is 11.8. The van der Waals surface area contributed by atoms with Crippen LogP contribution in [0.2, 0.25) is 0 Å². The van der Waals surface area contributed by atoms with E-state index in [1.807, 2.05) is 13.0 Å². The zero-order valence-corrected chi connectivity index (χ0v) is 12.9. The summed E-state index contributed by atoms with van der Waals surface area (Å²) in [6.45, 7) is 4.30. The molecule has 0 fully saturated rings. The van der Waals surface area contributed by atoms with Crippen molar-refractivity contribution in [1.82, 2.24) is 14.9 Å². The maximum absolute atomic E-state index is 11.8. The summed E-state index contributed by atoms with van der Waals surface area (Å²) in [7, 11) is 1.63. The molecule has 0 atom stereocenters. The number of aromatic nitrogens is 2. The molecule has 0 radical (unpaired) electrons. The average Bonchev–Trinajstić information content (AvgIpc) is 2.49. The van der Waals surface area contributed by atoms with E-state index < -0.39 is 17.2 Å². The van der Waals surface area contributed by atoms with Gasteiger partial charge in [0.25, 0.3) is 0 Å². The second-order valence-electron chi connectivity index (χ2n) is 4.94. The Morgan fingerprint density at radius 1 is 1.18 bits per heavy atom. The van der Waals surface area contributed by atoms with E-state index in [1.165, 1.54) is 4.90 Å². The molecule has 1 amide bonds. The summed E-state index contributed by atoms with van der Waals surface area (Å²) in [6, 6.07) is 3.63. The predicted octanol–water partition coefficient (Wildman–Crippen LogP) is 1.37. The van der Waals surface area contributed by atoms with E-state index in [4.69, 9.17) is 4.74 Å². The van der Waals surface area contributed by atoms with Crippen molar-refractivity contribution in [3.05, 3.63) is 44.0 Å². The number of aryl methyl sites for hydroxylation is 1. The summed E-state index contributed by atoms with van der Waals surface area (Å²) < 4.78 is 4.96. The third-order valence-corrected chi connectivity index (χ3v) is 3.46. The van der Waals surface area contributed by atoms with Crippen LogP contribution in [0.25, 0.3) is 11.0 Å². The molecule has 1 aromatic heterocycles. The molecule has 1 heterocycles. The van der Waals surface area contributed by atoms with Crippen LogP contribution in [-0.4, -0.2) is 34.6 Å². The normalized spacial score (nSPS) is 10.7. The van der Waals surface area contributed by atoms with Crippen LogP contribution < -0.4 is 11.1 Å². The second-order valence-corrected chi connectivity index (χ2v) is 4.94. The average molecular weight is 305 g/mol. The van der Waals surface area contributed by atoms with E-state index >= 15 is 0 Å². The van der Waals surface area contributed by atoms with Crippen LogP contribution in [0.1, 0.15) is 25.0 Å². The highest BCUT2D eigenvalue weighted by Gasteiger charge is 2.15. The van der Waals surface area contributed by atoms with Crippen molar-refractivity contribution in [2.75, 3.05) is 13.7 Å². The summed E-state index contributed by atoms with van der Waals surface area (Å²) in [5.41, 5.74) is 1.46. The van der Waals surface area contributed by atoms with E-state index in [2.05, 4.69) is 9.97 Å². The van der Waals surface area contributed by atoms with Crippen molar-refractivity contribution in [3.63, 3.8) is 0 Å². The first-order valence-electron chi connectivity index (χ1n) is 7.12. The van der Waals surface area contributed by atoms with E-state index in [1.54, 1.807) is 20.0 Å². The topological polar surface area (TPSA) is 95.3 Å². The molecule has 7 heteroatoms. The Kier molecular flexibility index (Phi) is 4.65. The third kappa shape index (κ3) is 3.03. The minimum absolute atomic E-state index is 0.279. The van der Waals surface area contributed by atoms with Gasteiger partial charge in [-0.05, 0) is 25.0 Å². The summed E-state index contributed by atoms with van der Waals surface area (Å²) in [5, 5.41) is 0. The zero-order chi connectivity index (χ0) is 16.3. The van der Waals surface area contributed by atoms with Crippen LogP contribution in [0, 0.1) is 0 Å². The Morgan fingerprint density at radius 2 is 1.86 bits per heavy atom. The highest BCUT2D eigenvalue weighted by Crippen LogP contribution is 2.20. The number of benzene rings is 1. The zero-order valence-electron chi connectivity index (χ0n) is 12.9. The number of amides is 1. The number of fused-ring (bicyclic) bond motifs is 1. The van der Waals surface area contributed by atoms with Crippen LogP contribution >= 0.6 is 0 Å². The first-order valence-corrected chi connectivity index (χ1v) is 7.12. The first kappa shape index (κ1) is 15.8. The molecule has 0 saturated carbocycles. The highest BCUT2D eigenvalue weighted by atomic mass is 16.5. The molecular weight excluding hydrogens is 286 g/mol. The van der Waals surface area contributed by atoms with Gasteiger partial charge in [0.15, 0.2) is 0 Å². The van der Waals surface area contributed by atoms with Gasteiger partial charge in [0.2, 0.25) is 0 Å². The van der Waals surface area contributed by atoms with Gasteiger partial charge in [0.05, 0.1) is 24.2 Å². The summed E-state index contributed by atoms with van der Waals surface area (Å²) >= 11 is 0. The summed E-state index contributed by atoms with van der Waals surface area (Å²) in [4.78, 5) is 41.4. The number of aromatic amines is 2. The lowest BCUT2D eigenvalue weighted by Crippen LogP contribution is -2.31. The van der Waals surface area contributed by atoms with Crippen molar-refractivity contribution >= 4 is 17.1 Å². The van der Waals surface area contributed by atoms with Crippen LogP contribution in [0.15, 0.2) is 21.7 Å². The number of carbonyl (C=O) groups is 1. The number of hydrogen-bond donors (Lipinski definition) is 2. The fourth-order valence-electron chi connectivity index (χ4n) is 2.33. The SMILES string of the molecule is CCOC(=O)N(C)Cc1c(CC)ccc2[nH]c(=O)c(=O)[nH]c12. The molecule has 0 saturated heterocycles. The summed E-state index contributed by atoms with van der Waals surface area (Å²) in [6.07, 6.45) is 0.302. The van der Waals surface area contributed by atoms with Gasteiger partial charge in [-0.25, -0.2) is 4.79 Å². The molecule has 0 bridgehead atoms. The van der Waals surface area contributed by atoms with Gasteiger partial charge in [-0.15, -0.1) is 0 Å². The molecule has 0 aliphatic heterocycles. The second kappa shape index (κ2) is 6.46. The number of H-pyrrole nitrogens is 2. The van der Waals surface area contributed by atoms with E-state index in [-0.39, 0.29) is 6.54 Å². The highest BCUT2D eigenvalue weighted by molar-refractivity contribution is 5.79. The van der Waals surface area contributed by atoms with Crippen LogP contribution in [0.4, 0.5) is 4.79 Å². The van der Waals surface area contributed by atoms with Gasteiger partial charge >= 0.3 is 17.2 Å². The number of rotatable bonds is 4. The number of hydrogen-bond acceptors (Lipinski definition) is 4. The lowest BCUT2D eigenvalue weighted by molar-refractivity contribution is 0.114. The fourth-order valence-corrected chi connectivity index (χ4v) is 2.33. The van der Waals surface area contributed by atoms with E-state index in [0.29, 0.717) is 17.6 Å². The largest absolute Gasteiger partial charge is 0.450 e. The van der Waals surface area contributed by atoms with Crippen molar-refractivity contribution in [2.24, 2.45) is 0 Å². The molecule has 2 N–H and O–H groups in total. The molecular formula is C15H19N3O4. The van der Waals surface area contributed by atoms with Gasteiger partial charge in [-0.2, -0.15) is 0 Å². The Morgan fingerprint density at radius 3 is 2.50 bits per heavy atom. The Bertz CT molecular complexity index is 807. The smallest absolute Gasteiger partial charge is 0.409 e. The molecule has 0 aliphatic carbocycles. The van der Waals surface area contributed by atoms with Crippen molar-refractivity contribution in [3.8, 4) is 0 Å². The maximum Gasteiger partial charge on any atom is 0.409 e. The number of ether oxygens (including phenoxy) is 1. The summed E-state index contributed by atoms with van der Waals surface area (Å²) in [5.74, 6) is 0. The standard InChI is InChI=1S/C15H19N3O4/c1-4-9-6-7-11-12(17-14(20)13(19)16-11)10(9)8-18(3)15(21)22-5-2/h6-7H,4-5,8H2,1-3H3,(H,16,19)(H,17,20). The monoisotopic (exact) mass is 305 g/mol. The van der Waals surface area contributed by atoms with Gasteiger partial charge in [0, 0.05) is 12.6 Å². The lowest BCUT2D eigenvalue weighted by atomic mass is 10.0. The molecule has 7 nitrogen and oxygen atoms in total. The fraction of sp³-hybridized carbons (Fsp3) is 0.400. The van der Waals surface area contributed by atoms with Gasteiger partial charge in [-0.3, -0.25) is 9.59 Å². The Balaban J connectivity index is 2.54. The van der Waals surface area contributed by atoms with Crippen LogP contribution in [-0.2, 0) is 17.7 Å². The molecule has 0 unspecified atom stereocenters. The van der Waals surface area contributed by atoms with E-state index in [9.17, 15) is 14.4 Å². The Labute approximate surface area is 126 Å². The van der Waals surface area contributed by atoms with Crippen molar-refractivity contribution < 1.29 is 9.53 Å². The molecule has 0 spiro atoms. The molecule has 2 aromatic rings. The first-order chi connectivity index (χ1) is 10.5. The number of carbonyl (C=O) groups excluding carboxylic acids is 1.